The van der Waals surface area contributed by atoms with Crippen LogP contribution in [0.15, 0.2) is 53.1 Å². The van der Waals surface area contributed by atoms with E-state index in [1.807, 2.05) is 43.3 Å². The van der Waals surface area contributed by atoms with Crippen molar-refractivity contribution in [2.45, 2.75) is 6.92 Å². The van der Waals surface area contributed by atoms with Crippen LogP contribution in [-0.4, -0.2) is 10.1 Å². The first-order chi connectivity index (χ1) is 11.2. The number of nitriles is 1. The number of hydrogen-bond donors (Lipinski definition) is 0. The lowest BCUT2D eigenvalue weighted by molar-refractivity contribution is 0.409. The summed E-state index contributed by atoms with van der Waals surface area (Å²) in [6.45, 7) is 2.01. The van der Waals surface area contributed by atoms with E-state index in [9.17, 15) is 5.26 Å². The highest BCUT2D eigenvalue weighted by atomic mass is 35.5. The van der Waals surface area contributed by atoms with Gasteiger partial charge in [-0.2, -0.15) is 10.2 Å². The first-order valence-corrected chi connectivity index (χ1v) is 7.32. The third kappa shape index (κ3) is 3.47. The summed E-state index contributed by atoms with van der Waals surface area (Å²) < 4.78 is 5.22. The first-order valence-electron chi connectivity index (χ1n) is 6.94. The lowest BCUT2D eigenvalue weighted by Crippen LogP contribution is -1.84. The van der Waals surface area contributed by atoms with Crippen LogP contribution in [0.25, 0.3) is 23.0 Å². The molecule has 5 heteroatoms. The van der Waals surface area contributed by atoms with Gasteiger partial charge in [0.05, 0.1) is 0 Å². The number of hydrogen-bond acceptors (Lipinski definition) is 4. The molecule has 3 aromatic rings. The fourth-order valence-electron chi connectivity index (χ4n) is 2.02. The lowest BCUT2D eigenvalue weighted by atomic mass is 10.1. The molecule has 0 saturated carbocycles. The highest BCUT2D eigenvalue weighted by molar-refractivity contribution is 6.30. The van der Waals surface area contributed by atoms with Crippen molar-refractivity contribution in [2.75, 3.05) is 0 Å². The van der Waals surface area contributed by atoms with Gasteiger partial charge in [-0.1, -0.05) is 58.7 Å². The van der Waals surface area contributed by atoms with Gasteiger partial charge < -0.3 is 4.52 Å². The second kappa shape index (κ2) is 6.47. The van der Waals surface area contributed by atoms with E-state index in [0.717, 1.165) is 16.7 Å². The molecule has 0 aliphatic carbocycles. The van der Waals surface area contributed by atoms with E-state index >= 15 is 0 Å². The van der Waals surface area contributed by atoms with Crippen molar-refractivity contribution in [3.63, 3.8) is 0 Å². The topological polar surface area (TPSA) is 62.7 Å². The van der Waals surface area contributed by atoms with Crippen LogP contribution in [0.3, 0.4) is 0 Å². The Morgan fingerprint density at radius 3 is 2.48 bits per heavy atom. The first kappa shape index (κ1) is 15.0. The molecule has 1 heterocycles. The van der Waals surface area contributed by atoms with Crippen LogP contribution in [0.2, 0.25) is 5.02 Å². The summed E-state index contributed by atoms with van der Waals surface area (Å²) >= 11 is 5.85. The smallest absolute Gasteiger partial charge is 0.268 e. The summed E-state index contributed by atoms with van der Waals surface area (Å²) in [5.41, 5.74) is 3.13. The maximum absolute atomic E-state index is 9.34. The molecular weight excluding hydrogens is 310 g/mol. The van der Waals surface area contributed by atoms with E-state index in [4.69, 9.17) is 16.1 Å². The number of halogens is 1. The molecule has 0 aliphatic heterocycles. The van der Waals surface area contributed by atoms with Crippen molar-refractivity contribution in [1.29, 1.82) is 5.26 Å². The molecule has 0 atom stereocenters. The largest absolute Gasteiger partial charge is 0.333 e. The molecule has 0 fully saturated rings. The fraction of sp³-hybridized carbons (Fsp3) is 0.0556. The van der Waals surface area contributed by atoms with E-state index in [2.05, 4.69) is 16.2 Å². The molecule has 0 N–H and O–H groups in total. The van der Waals surface area contributed by atoms with E-state index in [-0.39, 0.29) is 5.89 Å². The average Bonchev–Trinajstić information content (AvgIpc) is 3.05. The Kier molecular flexibility index (Phi) is 4.22. The maximum Gasteiger partial charge on any atom is 0.268 e. The Morgan fingerprint density at radius 2 is 1.83 bits per heavy atom. The molecule has 112 valence electrons. The normalized spacial score (nSPS) is 11.3. The van der Waals surface area contributed by atoms with E-state index in [1.54, 1.807) is 18.2 Å². The van der Waals surface area contributed by atoms with Crippen molar-refractivity contribution in [3.8, 4) is 17.5 Å². The van der Waals surface area contributed by atoms with Crippen LogP contribution in [0.4, 0.5) is 0 Å². The average molecular weight is 322 g/mol. The van der Waals surface area contributed by atoms with Crippen LogP contribution in [0, 0.1) is 18.3 Å². The standard InChI is InChI=1S/C18H12ClN3O/c1-12-2-6-14(7-3-12)17-21-18(23-22-17)15(11-20)10-13-4-8-16(19)9-5-13/h2-10H,1H3/b15-10+. The minimum Gasteiger partial charge on any atom is -0.333 e. The molecule has 2 aromatic carbocycles. The molecule has 0 spiro atoms. The molecule has 4 nitrogen and oxygen atoms in total. The second-order valence-corrected chi connectivity index (χ2v) is 5.45. The number of rotatable bonds is 3. The Bertz CT molecular complexity index is 887. The zero-order valence-electron chi connectivity index (χ0n) is 12.3. The minimum absolute atomic E-state index is 0.193. The Hall–Kier alpha value is -2.90. The molecule has 1 aromatic heterocycles. The summed E-state index contributed by atoms with van der Waals surface area (Å²) in [7, 11) is 0. The Labute approximate surface area is 138 Å². The molecule has 0 unspecified atom stereocenters. The summed E-state index contributed by atoms with van der Waals surface area (Å²) in [6, 6.07) is 17.0. The minimum atomic E-state index is 0.193. The predicted octanol–water partition coefficient (Wildman–Crippen LogP) is 4.76. The van der Waals surface area contributed by atoms with E-state index in [1.165, 1.54) is 0 Å². The fourth-order valence-corrected chi connectivity index (χ4v) is 2.15. The zero-order valence-corrected chi connectivity index (χ0v) is 13.1. The summed E-state index contributed by atoms with van der Waals surface area (Å²) in [6.07, 6.45) is 1.68. The van der Waals surface area contributed by atoms with Crippen molar-refractivity contribution in [3.05, 3.63) is 70.6 Å². The summed E-state index contributed by atoms with van der Waals surface area (Å²) in [5.74, 6) is 0.648. The highest BCUT2D eigenvalue weighted by Crippen LogP contribution is 2.21. The summed E-state index contributed by atoms with van der Waals surface area (Å²) in [5, 5.41) is 13.9. The van der Waals surface area contributed by atoms with Gasteiger partial charge in [-0.3, -0.25) is 0 Å². The van der Waals surface area contributed by atoms with Gasteiger partial charge in [0, 0.05) is 10.6 Å². The summed E-state index contributed by atoms with van der Waals surface area (Å²) in [4.78, 5) is 4.30. The number of benzene rings is 2. The number of aromatic nitrogens is 2. The zero-order chi connectivity index (χ0) is 16.2. The molecule has 0 bridgehead atoms. The number of nitrogens with zero attached hydrogens (tertiary/aromatic N) is 3. The van der Waals surface area contributed by atoms with Gasteiger partial charge in [0.1, 0.15) is 11.6 Å². The molecule has 0 aliphatic rings. The Morgan fingerprint density at radius 1 is 1.13 bits per heavy atom. The molecular formula is C18H12ClN3O. The van der Waals surface area contributed by atoms with Gasteiger partial charge in [0.15, 0.2) is 0 Å². The molecule has 0 radical (unpaired) electrons. The van der Waals surface area contributed by atoms with Crippen molar-refractivity contribution >= 4 is 23.3 Å². The lowest BCUT2D eigenvalue weighted by Gasteiger charge is -1.95. The van der Waals surface area contributed by atoms with Crippen molar-refractivity contribution in [1.82, 2.24) is 10.1 Å². The maximum atomic E-state index is 9.34. The number of allylic oxidation sites excluding steroid dienone is 1. The van der Waals surface area contributed by atoms with Crippen LogP contribution >= 0.6 is 11.6 Å². The van der Waals surface area contributed by atoms with E-state index < -0.39 is 0 Å². The van der Waals surface area contributed by atoms with Gasteiger partial charge in [-0.25, -0.2) is 0 Å². The van der Waals surface area contributed by atoms with Crippen molar-refractivity contribution < 1.29 is 4.52 Å². The van der Waals surface area contributed by atoms with Crippen LogP contribution in [0.1, 0.15) is 17.0 Å². The van der Waals surface area contributed by atoms with Gasteiger partial charge >= 0.3 is 0 Å². The monoisotopic (exact) mass is 321 g/mol. The molecule has 0 amide bonds. The highest BCUT2D eigenvalue weighted by Gasteiger charge is 2.12. The molecule has 23 heavy (non-hydrogen) atoms. The van der Waals surface area contributed by atoms with Gasteiger partial charge in [0.2, 0.25) is 5.82 Å². The van der Waals surface area contributed by atoms with Crippen LogP contribution in [-0.2, 0) is 0 Å². The van der Waals surface area contributed by atoms with E-state index in [0.29, 0.717) is 16.4 Å². The van der Waals surface area contributed by atoms with Crippen LogP contribution in [0.5, 0.6) is 0 Å². The predicted molar refractivity (Wildman–Crippen MR) is 89.4 cm³/mol. The number of aryl methyl sites for hydroxylation is 1. The third-order valence-electron chi connectivity index (χ3n) is 3.27. The van der Waals surface area contributed by atoms with Gasteiger partial charge in [0.25, 0.3) is 5.89 Å². The molecule has 3 rings (SSSR count). The Balaban J connectivity index is 1.92. The van der Waals surface area contributed by atoms with Gasteiger partial charge in [-0.15, -0.1) is 0 Å². The van der Waals surface area contributed by atoms with Crippen molar-refractivity contribution in [2.24, 2.45) is 0 Å². The quantitative estimate of drug-likeness (QED) is 0.652. The second-order valence-electron chi connectivity index (χ2n) is 5.01. The van der Waals surface area contributed by atoms with Gasteiger partial charge in [-0.05, 0) is 30.7 Å². The third-order valence-corrected chi connectivity index (χ3v) is 3.52. The SMILES string of the molecule is Cc1ccc(-c2noc(/C(C#N)=C/c3ccc(Cl)cc3)n2)cc1. The molecule has 0 saturated heterocycles. The van der Waals surface area contributed by atoms with Crippen LogP contribution < -0.4 is 0 Å².